The SMILES string of the molecule is CC[C@@H](O)C[C@H]1CCc2sc3ncnc(N[C@H]4CC[C@H](N(C)C)CC4)c3c21. The van der Waals surface area contributed by atoms with Gasteiger partial charge in [0.15, 0.2) is 0 Å². The van der Waals surface area contributed by atoms with Crippen molar-refractivity contribution in [1.29, 1.82) is 0 Å². The molecule has 2 N–H and O–H groups in total. The fourth-order valence-electron chi connectivity index (χ4n) is 4.84. The Balaban J connectivity index is 1.57. The Morgan fingerprint density at radius 3 is 2.70 bits per heavy atom. The van der Waals surface area contributed by atoms with Crippen LogP contribution in [-0.4, -0.2) is 52.3 Å². The number of anilines is 1. The van der Waals surface area contributed by atoms with Crippen LogP contribution in [0.3, 0.4) is 0 Å². The number of aliphatic hydroxyl groups excluding tert-OH is 1. The van der Waals surface area contributed by atoms with Gasteiger partial charge in [-0.3, -0.25) is 0 Å². The van der Waals surface area contributed by atoms with E-state index >= 15 is 0 Å². The van der Waals surface area contributed by atoms with E-state index in [1.54, 1.807) is 6.33 Å². The maximum absolute atomic E-state index is 10.2. The molecule has 4 rings (SSSR count). The van der Waals surface area contributed by atoms with Crippen LogP contribution >= 0.6 is 11.3 Å². The molecule has 2 aromatic rings. The van der Waals surface area contributed by atoms with Crippen molar-refractivity contribution in [1.82, 2.24) is 14.9 Å². The second kappa shape index (κ2) is 8.02. The molecule has 1 fully saturated rings. The quantitative estimate of drug-likeness (QED) is 0.778. The Kier molecular flexibility index (Phi) is 5.67. The van der Waals surface area contributed by atoms with Gasteiger partial charge in [0, 0.05) is 17.0 Å². The maximum atomic E-state index is 10.2. The second-order valence-electron chi connectivity index (χ2n) is 8.49. The van der Waals surface area contributed by atoms with Gasteiger partial charge in [-0.1, -0.05) is 6.92 Å². The molecule has 148 valence electrons. The van der Waals surface area contributed by atoms with Crippen LogP contribution in [0.25, 0.3) is 10.2 Å². The molecule has 0 saturated heterocycles. The summed E-state index contributed by atoms with van der Waals surface area (Å²) in [4.78, 5) is 14.1. The molecular weight excluding hydrogens is 356 g/mol. The Morgan fingerprint density at radius 2 is 2.00 bits per heavy atom. The zero-order chi connectivity index (χ0) is 19.0. The van der Waals surface area contributed by atoms with Gasteiger partial charge in [-0.2, -0.15) is 0 Å². The fraction of sp³-hybridized carbons (Fsp3) is 0.714. The van der Waals surface area contributed by atoms with Crippen molar-refractivity contribution in [3.63, 3.8) is 0 Å². The molecule has 6 heteroatoms. The standard InChI is InChI=1S/C21H32N4OS/c1-4-16(26)11-13-5-10-17-18(13)19-20(22-12-23-21(19)27-17)24-14-6-8-15(9-7-14)25(2)3/h12-16,26H,4-11H2,1-3H3,(H,22,23,24)/t13-,14-,15-,16-/m1/s1. The largest absolute Gasteiger partial charge is 0.393 e. The van der Waals surface area contributed by atoms with E-state index in [0.717, 1.165) is 36.3 Å². The summed E-state index contributed by atoms with van der Waals surface area (Å²) in [7, 11) is 4.37. The zero-order valence-corrected chi connectivity index (χ0v) is 17.6. The summed E-state index contributed by atoms with van der Waals surface area (Å²) < 4.78 is 0. The first kappa shape index (κ1) is 19.1. The van der Waals surface area contributed by atoms with Gasteiger partial charge < -0.3 is 15.3 Å². The smallest absolute Gasteiger partial charge is 0.138 e. The summed E-state index contributed by atoms with van der Waals surface area (Å²) in [6, 6.07) is 1.20. The minimum atomic E-state index is -0.210. The molecule has 2 aliphatic rings. The van der Waals surface area contributed by atoms with Gasteiger partial charge in [0.05, 0.1) is 11.5 Å². The van der Waals surface area contributed by atoms with Crippen LogP contribution in [0.2, 0.25) is 0 Å². The third-order valence-electron chi connectivity index (χ3n) is 6.53. The van der Waals surface area contributed by atoms with Crippen LogP contribution in [0, 0.1) is 0 Å². The number of aromatic nitrogens is 2. The van der Waals surface area contributed by atoms with Crippen molar-refractivity contribution < 1.29 is 5.11 Å². The van der Waals surface area contributed by atoms with Crippen molar-refractivity contribution in [2.75, 3.05) is 19.4 Å². The number of aryl methyl sites for hydroxylation is 1. The number of fused-ring (bicyclic) bond motifs is 3. The fourth-order valence-corrected chi connectivity index (χ4v) is 6.08. The average molecular weight is 389 g/mol. The molecule has 0 amide bonds. The molecule has 0 bridgehead atoms. The van der Waals surface area contributed by atoms with E-state index in [2.05, 4.69) is 41.2 Å². The Labute approximate surface area is 166 Å². The number of nitrogens with zero attached hydrogens (tertiary/aromatic N) is 3. The van der Waals surface area contributed by atoms with E-state index in [0.29, 0.717) is 18.0 Å². The van der Waals surface area contributed by atoms with Crippen LogP contribution < -0.4 is 5.32 Å². The highest BCUT2D eigenvalue weighted by molar-refractivity contribution is 7.19. The molecule has 0 unspecified atom stereocenters. The summed E-state index contributed by atoms with van der Waals surface area (Å²) in [6.07, 6.45) is 10.3. The van der Waals surface area contributed by atoms with Crippen LogP contribution in [-0.2, 0) is 6.42 Å². The Morgan fingerprint density at radius 1 is 1.22 bits per heavy atom. The number of rotatable bonds is 6. The molecule has 27 heavy (non-hydrogen) atoms. The van der Waals surface area contributed by atoms with E-state index in [1.807, 2.05) is 11.3 Å². The van der Waals surface area contributed by atoms with E-state index in [9.17, 15) is 5.11 Å². The van der Waals surface area contributed by atoms with Crippen molar-refractivity contribution in [3.8, 4) is 0 Å². The molecule has 1 saturated carbocycles. The van der Waals surface area contributed by atoms with Gasteiger partial charge in [-0.15, -0.1) is 11.3 Å². The molecular formula is C21H32N4OS. The monoisotopic (exact) mass is 388 g/mol. The lowest BCUT2D eigenvalue weighted by atomic mass is 9.90. The molecule has 5 nitrogen and oxygen atoms in total. The maximum Gasteiger partial charge on any atom is 0.138 e. The molecule has 2 aromatic heterocycles. The Hall–Kier alpha value is -1.24. The lowest BCUT2D eigenvalue weighted by Crippen LogP contribution is -2.36. The molecule has 2 atom stereocenters. The van der Waals surface area contributed by atoms with Crippen LogP contribution in [0.15, 0.2) is 6.33 Å². The number of thiophene rings is 1. The molecule has 0 radical (unpaired) electrons. The van der Waals surface area contributed by atoms with Crippen molar-refractivity contribution in [2.24, 2.45) is 0 Å². The number of hydrogen-bond donors (Lipinski definition) is 2. The highest BCUT2D eigenvalue weighted by Crippen LogP contribution is 2.47. The van der Waals surface area contributed by atoms with E-state index in [-0.39, 0.29) is 6.10 Å². The summed E-state index contributed by atoms with van der Waals surface area (Å²) in [5.41, 5.74) is 1.42. The van der Waals surface area contributed by atoms with Gasteiger partial charge in [0.25, 0.3) is 0 Å². The van der Waals surface area contributed by atoms with Crippen LogP contribution in [0.4, 0.5) is 5.82 Å². The van der Waals surface area contributed by atoms with Gasteiger partial charge in [0.1, 0.15) is 17.0 Å². The normalized spacial score (nSPS) is 26.5. The summed E-state index contributed by atoms with van der Waals surface area (Å²) in [5, 5.41) is 15.2. The summed E-state index contributed by atoms with van der Waals surface area (Å²) in [6.45, 7) is 2.06. The molecule has 0 aliphatic heterocycles. The number of aliphatic hydroxyl groups is 1. The minimum Gasteiger partial charge on any atom is -0.393 e. The van der Waals surface area contributed by atoms with Gasteiger partial charge in [0.2, 0.25) is 0 Å². The van der Waals surface area contributed by atoms with E-state index in [4.69, 9.17) is 0 Å². The number of nitrogens with one attached hydrogen (secondary N) is 1. The molecule has 0 spiro atoms. The third kappa shape index (κ3) is 3.84. The lowest BCUT2D eigenvalue weighted by Gasteiger charge is -2.33. The van der Waals surface area contributed by atoms with Gasteiger partial charge in [-0.25, -0.2) is 9.97 Å². The topological polar surface area (TPSA) is 61.3 Å². The average Bonchev–Trinajstić information content (AvgIpc) is 3.22. The van der Waals surface area contributed by atoms with Crippen molar-refractivity contribution in [3.05, 3.63) is 16.8 Å². The zero-order valence-electron chi connectivity index (χ0n) is 16.7. The molecule has 0 aromatic carbocycles. The van der Waals surface area contributed by atoms with Gasteiger partial charge >= 0.3 is 0 Å². The second-order valence-corrected chi connectivity index (χ2v) is 9.57. The van der Waals surface area contributed by atoms with Crippen LogP contribution in [0.1, 0.15) is 68.2 Å². The molecule has 2 aliphatic carbocycles. The van der Waals surface area contributed by atoms with E-state index < -0.39 is 0 Å². The first-order valence-corrected chi connectivity index (χ1v) is 11.3. The predicted octanol–water partition coefficient (Wildman–Crippen LogP) is 4.17. The van der Waals surface area contributed by atoms with Crippen LogP contribution in [0.5, 0.6) is 0 Å². The summed E-state index contributed by atoms with van der Waals surface area (Å²) >= 11 is 1.83. The highest BCUT2D eigenvalue weighted by atomic mass is 32.1. The number of hydrogen-bond acceptors (Lipinski definition) is 6. The highest BCUT2D eigenvalue weighted by Gasteiger charge is 2.31. The predicted molar refractivity (Wildman–Crippen MR) is 113 cm³/mol. The third-order valence-corrected chi connectivity index (χ3v) is 7.70. The first-order chi connectivity index (χ1) is 13.1. The summed E-state index contributed by atoms with van der Waals surface area (Å²) in [5.74, 6) is 1.46. The first-order valence-electron chi connectivity index (χ1n) is 10.4. The van der Waals surface area contributed by atoms with Crippen molar-refractivity contribution in [2.45, 2.75) is 82.4 Å². The lowest BCUT2D eigenvalue weighted by molar-refractivity contribution is 0.151. The molecule has 2 heterocycles. The minimum absolute atomic E-state index is 0.210. The van der Waals surface area contributed by atoms with Gasteiger partial charge in [-0.05, 0) is 76.9 Å². The van der Waals surface area contributed by atoms with Crippen molar-refractivity contribution >= 4 is 27.4 Å². The van der Waals surface area contributed by atoms with E-state index in [1.165, 1.54) is 41.5 Å². The Bertz CT molecular complexity index is 782.